The predicted octanol–water partition coefficient (Wildman–Crippen LogP) is 11.0. The van der Waals surface area contributed by atoms with Crippen LogP contribution in [0, 0.1) is 0 Å². The van der Waals surface area contributed by atoms with E-state index in [1.165, 1.54) is 38.3 Å². The second-order valence-corrected chi connectivity index (χ2v) is 14.3. The number of rotatable bonds is 4. The predicted molar refractivity (Wildman–Crippen MR) is 225 cm³/mol. The zero-order valence-corrected chi connectivity index (χ0v) is 29.6. The van der Waals surface area contributed by atoms with Crippen LogP contribution in [0.15, 0.2) is 191 Å². The average Bonchev–Trinajstić information content (AvgIpc) is 3.91. The van der Waals surface area contributed by atoms with Crippen molar-refractivity contribution < 1.29 is 4.42 Å². The molecule has 1 aliphatic rings. The number of benzene rings is 8. The van der Waals surface area contributed by atoms with Crippen molar-refractivity contribution in [1.29, 1.82) is 0 Å². The molecule has 8 aromatic carbocycles. The lowest BCUT2D eigenvalue weighted by atomic mass is 10.0. The second-order valence-electron chi connectivity index (χ2n) is 14.3. The van der Waals surface area contributed by atoms with Gasteiger partial charge in [0.15, 0.2) is 0 Å². The molecule has 1 aliphatic heterocycles. The molecule has 55 heavy (non-hydrogen) atoms. The first kappa shape index (κ1) is 30.1. The molecule has 4 heterocycles. The highest BCUT2D eigenvalue weighted by Gasteiger charge is 2.27. The van der Waals surface area contributed by atoms with E-state index >= 15 is 0 Å². The van der Waals surface area contributed by atoms with Gasteiger partial charge in [-0.3, -0.25) is 4.57 Å². The maximum atomic E-state index is 6.55. The minimum absolute atomic E-state index is 0.440. The molecule has 0 spiro atoms. The van der Waals surface area contributed by atoms with Gasteiger partial charge in [0, 0.05) is 37.8 Å². The Labute approximate surface area is 315 Å². The van der Waals surface area contributed by atoms with Crippen LogP contribution >= 0.6 is 0 Å². The molecule has 0 saturated carbocycles. The smallest absolute Gasteiger partial charge is 0.201 e. The topological polar surface area (TPSA) is 47.4 Å². The third-order valence-corrected chi connectivity index (χ3v) is 11.3. The molecular formula is C50H32N4O. The summed E-state index contributed by atoms with van der Waals surface area (Å²) in [5.41, 5.74) is 11.9. The van der Waals surface area contributed by atoms with Gasteiger partial charge < -0.3 is 14.3 Å². The molecule has 0 amide bonds. The molecule has 258 valence electrons. The van der Waals surface area contributed by atoms with E-state index in [9.17, 15) is 0 Å². The highest BCUT2D eigenvalue weighted by Crippen LogP contribution is 2.45. The Morgan fingerprint density at radius 2 is 1.13 bits per heavy atom. The maximum Gasteiger partial charge on any atom is 0.201 e. The molecule has 1 atom stereocenters. The molecule has 12 rings (SSSR count). The van der Waals surface area contributed by atoms with Crippen LogP contribution in [-0.2, 0) is 0 Å². The fourth-order valence-corrected chi connectivity index (χ4v) is 8.97. The van der Waals surface area contributed by atoms with Gasteiger partial charge in [-0.05, 0) is 65.2 Å². The normalized spacial score (nSPS) is 14.3. The Bertz CT molecular complexity index is 3450. The van der Waals surface area contributed by atoms with Gasteiger partial charge in [-0.25, -0.2) is 4.99 Å². The SMILES string of the molecule is c1ccc(C2=c3ccccc3=NC(n3c4ccc5c6ccccc6n(-c6ccc(-c7ccccc7)cc6)c5c4c4ccc5oc6ccccc6c5c43)N2)cc1. The van der Waals surface area contributed by atoms with Gasteiger partial charge in [-0.1, -0.05) is 133 Å². The third kappa shape index (κ3) is 4.38. The largest absolute Gasteiger partial charge is 0.456 e. The van der Waals surface area contributed by atoms with Gasteiger partial charge >= 0.3 is 0 Å². The number of hydrogen-bond donors (Lipinski definition) is 1. The maximum absolute atomic E-state index is 6.55. The fourth-order valence-electron chi connectivity index (χ4n) is 8.97. The van der Waals surface area contributed by atoms with Crippen molar-refractivity contribution in [2.75, 3.05) is 0 Å². The molecule has 0 saturated heterocycles. The lowest BCUT2D eigenvalue weighted by Gasteiger charge is -2.25. The molecule has 0 bridgehead atoms. The van der Waals surface area contributed by atoms with E-state index in [-0.39, 0.29) is 0 Å². The van der Waals surface area contributed by atoms with Crippen LogP contribution in [0.2, 0.25) is 0 Å². The van der Waals surface area contributed by atoms with Crippen molar-refractivity contribution >= 4 is 71.2 Å². The number of aromatic nitrogens is 2. The van der Waals surface area contributed by atoms with E-state index < -0.39 is 6.29 Å². The summed E-state index contributed by atoms with van der Waals surface area (Å²) in [5, 5.41) is 12.9. The summed E-state index contributed by atoms with van der Waals surface area (Å²) in [7, 11) is 0. The van der Waals surface area contributed by atoms with Crippen LogP contribution in [-0.4, -0.2) is 9.13 Å². The zero-order valence-electron chi connectivity index (χ0n) is 29.6. The van der Waals surface area contributed by atoms with Crippen molar-refractivity contribution in [3.05, 3.63) is 198 Å². The van der Waals surface area contributed by atoms with E-state index in [1.54, 1.807) is 0 Å². The fraction of sp³-hybridized carbons (Fsp3) is 0.0200. The first-order valence-corrected chi connectivity index (χ1v) is 18.8. The van der Waals surface area contributed by atoms with Crippen molar-refractivity contribution in [2.24, 2.45) is 4.99 Å². The molecule has 0 radical (unpaired) electrons. The minimum Gasteiger partial charge on any atom is -0.456 e. The summed E-state index contributed by atoms with van der Waals surface area (Å²) in [5.74, 6) is 0. The van der Waals surface area contributed by atoms with Crippen LogP contribution in [0.4, 0.5) is 0 Å². The molecule has 5 nitrogen and oxygen atoms in total. The molecule has 11 aromatic rings. The summed E-state index contributed by atoms with van der Waals surface area (Å²) in [6, 6.07) is 64.7. The van der Waals surface area contributed by atoms with Crippen LogP contribution in [0.1, 0.15) is 11.9 Å². The van der Waals surface area contributed by atoms with Gasteiger partial charge in [0.2, 0.25) is 6.29 Å². The Balaban J connectivity index is 1.22. The van der Waals surface area contributed by atoms with E-state index in [4.69, 9.17) is 9.41 Å². The van der Waals surface area contributed by atoms with Gasteiger partial charge in [0.05, 0.1) is 38.5 Å². The third-order valence-electron chi connectivity index (χ3n) is 11.3. The monoisotopic (exact) mass is 704 g/mol. The number of nitrogens with zero attached hydrogens (tertiary/aromatic N) is 3. The number of para-hydroxylation sites is 3. The van der Waals surface area contributed by atoms with Crippen LogP contribution in [0.25, 0.3) is 88.1 Å². The highest BCUT2D eigenvalue weighted by atomic mass is 16.3. The number of furan rings is 1. The number of nitrogens with one attached hydrogen (secondary N) is 1. The first-order valence-electron chi connectivity index (χ1n) is 18.8. The van der Waals surface area contributed by atoms with E-state index in [1.807, 2.05) is 6.07 Å². The Morgan fingerprint density at radius 1 is 0.455 bits per heavy atom. The summed E-state index contributed by atoms with van der Waals surface area (Å²) in [6.07, 6.45) is -0.440. The number of hydrogen-bond acceptors (Lipinski definition) is 3. The lowest BCUT2D eigenvalue weighted by molar-refractivity contribution is 0.490. The van der Waals surface area contributed by atoms with Gasteiger partial charge in [0.25, 0.3) is 0 Å². The Kier molecular flexibility index (Phi) is 6.33. The zero-order chi connectivity index (χ0) is 36.0. The molecule has 0 aliphatic carbocycles. The molecule has 0 fully saturated rings. The molecule has 1 unspecified atom stereocenters. The minimum atomic E-state index is -0.440. The van der Waals surface area contributed by atoms with Crippen LogP contribution < -0.4 is 15.9 Å². The number of fused-ring (bicyclic) bond motifs is 12. The lowest BCUT2D eigenvalue weighted by Crippen LogP contribution is -2.41. The summed E-state index contributed by atoms with van der Waals surface area (Å²) in [6.45, 7) is 0. The first-order chi connectivity index (χ1) is 27.3. The van der Waals surface area contributed by atoms with Crippen molar-refractivity contribution in [1.82, 2.24) is 14.5 Å². The van der Waals surface area contributed by atoms with Gasteiger partial charge in [0.1, 0.15) is 11.2 Å². The molecule has 3 aromatic heterocycles. The highest BCUT2D eigenvalue weighted by molar-refractivity contribution is 6.30. The van der Waals surface area contributed by atoms with Crippen LogP contribution in [0.3, 0.4) is 0 Å². The molecule has 1 N–H and O–H groups in total. The van der Waals surface area contributed by atoms with E-state index in [0.29, 0.717) is 0 Å². The van der Waals surface area contributed by atoms with Crippen molar-refractivity contribution in [3.8, 4) is 16.8 Å². The molecular weight excluding hydrogens is 673 g/mol. The summed E-state index contributed by atoms with van der Waals surface area (Å²) in [4.78, 5) is 5.47. The Hall–Kier alpha value is -7.37. The van der Waals surface area contributed by atoms with Gasteiger partial charge in [-0.2, -0.15) is 0 Å². The average molecular weight is 705 g/mol. The standard InChI is InChI=1S/C50H32N4O/c1-3-13-31(14-4-1)32-23-25-34(26-24-32)53-41-21-11-8-17-35(41)36-27-29-42-45(48(36)53)39-28-30-44-46(38-19-9-12-22-43(38)55-44)49(39)54(42)50-51-40-20-10-7-18-37(40)47(52-50)33-15-5-2-6-16-33/h1-30,50,52H. The van der Waals surface area contributed by atoms with Crippen molar-refractivity contribution in [3.63, 3.8) is 0 Å². The molecule has 5 heteroatoms. The van der Waals surface area contributed by atoms with E-state index in [2.05, 4.69) is 190 Å². The Morgan fingerprint density at radius 3 is 1.96 bits per heavy atom. The summed E-state index contributed by atoms with van der Waals surface area (Å²) >= 11 is 0. The second kappa shape index (κ2) is 11.6. The van der Waals surface area contributed by atoms with E-state index in [0.717, 1.165) is 65.9 Å². The van der Waals surface area contributed by atoms with Gasteiger partial charge in [-0.15, -0.1) is 0 Å². The summed E-state index contributed by atoms with van der Waals surface area (Å²) < 4.78 is 11.4. The quantitative estimate of drug-likeness (QED) is 0.198. The van der Waals surface area contributed by atoms with Crippen LogP contribution in [0.5, 0.6) is 0 Å². The van der Waals surface area contributed by atoms with Crippen molar-refractivity contribution in [2.45, 2.75) is 6.29 Å².